The Balaban J connectivity index is 1.55. The zero-order valence-electron chi connectivity index (χ0n) is 18.1. The van der Waals surface area contributed by atoms with Crippen molar-refractivity contribution in [2.24, 2.45) is 11.3 Å². The van der Waals surface area contributed by atoms with Crippen LogP contribution >= 0.6 is 0 Å². The summed E-state index contributed by atoms with van der Waals surface area (Å²) in [7, 11) is 0. The van der Waals surface area contributed by atoms with Gasteiger partial charge in [0.1, 0.15) is 5.75 Å². The highest BCUT2D eigenvalue weighted by Crippen LogP contribution is 2.40. The Morgan fingerprint density at radius 1 is 1.03 bits per heavy atom. The molecule has 164 valence electrons. The highest BCUT2D eigenvalue weighted by molar-refractivity contribution is 5.84. The molecule has 2 aliphatic rings. The van der Waals surface area contributed by atoms with Crippen LogP contribution in [0.5, 0.6) is 5.75 Å². The fraction of sp³-hybridized carbons (Fsp3) is 0.625. The fourth-order valence-electron chi connectivity index (χ4n) is 4.66. The molecule has 30 heavy (non-hydrogen) atoms. The van der Waals surface area contributed by atoms with Crippen LogP contribution in [-0.4, -0.2) is 29.1 Å². The summed E-state index contributed by atoms with van der Waals surface area (Å²) in [6.45, 7) is 9.11. The van der Waals surface area contributed by atoms with Crippen molar-refractivity contribution in [1.82, 2.24) is 9.88 Å². The molecule has 2 fully saturated rings. The largest absolute Gasteiger partial charge is 0.490 e. The lowest BCUT2D eigenvalue weighted by molar-refractivity contribution is -0.136. The number of nitrogens with zero attached hydrogens (tertiary/aromatic N) is 2. The molecule has 0 amide bonds. The van der Waals surface area contributed by atoms with E-state index < -0.39 is 11.7 Å². The van der Waals surface area contributed by atoms with Crippen LogP contribution in [0.4, 0.5) is 13.2 Å². The summed E-state index contributed by atoms with van der Waals surface area (Å²) in [5.74, 6) is 1.17. The van der Waals surface area contributed by atoms with Gasteiger partial charge in [0.25, 0.3) is 0 Å². The first-order chi connectivity index (χ1) is 14.1. The summed E-state index contributed by atoms with van der Waals surface area (Å²) in [6.07, 6.45) is 0.812. The second-order valence-electron chi connectivity index (χ2n) is 9.93. The van der Waals surface area contributed by atoms with Gasteiger partial charge in [-0.3, -0.25) is 9.88 Å². The van der Waals surface area contributed by atoms with Gasteiger partial charge in [0.15, 0.2) is 0 Å². The number of fused-ring (bicyclic) bond motifs is 1. The van der Waals surface area contributed by atoms with E-state index in [2.05, 4.69) is 30.7 Å². The quantitative estimate of drug-likeness (QED) is 0.569. The van der Waals surface area contributed by atoms with Gasteiger partial charge in [-0.1, -0.05) is 20.8 Å². The number of ether oxygens (including phenoxy) is 1. The van der Waals surface area contributed by atoms with Crippen LogP contribution in [0.25, 0.3) is 10.9 Å². The smallest absolute Gasteiger partial charge is 0.417 e. The molecule has 0 bridgehead atoms. The Bertz CT molecular complexity index is 892. The average molecular weight is 421 g/mol. The first-order valence-corrected chi connectivity index (χ1v) is 11.0. The minimum absolute atomic E-state index is 0.0639. The van der Waals surface area contributed by atoms with Crippen molar-refractivity contribution >= 4 is 10.9 Å². The molecule has 2 heterocycles. The van der Waals surface area contributed by atoms with Crippen molar-refractivity contribution in [3.63, 3.8) is 0 Å². The maximum Gasteiger partial charge on any atom is 0.417 e. The second-order valence-corrected chi connectivity index (χ2v) is 9.93. The van der Waals surface area contributed by atoms with Crippen LogP contribution in [0.15, 0.2) is 24.3 Å². The first kappa shape index (κ1) is 21.4. The maximum absolute atomic E-state index is 13.8. The molecule has 4 rings (SSSR count). The van der Waals surface area contributed by atoms with Crippen LogP contribution in [0, 0.1) is 11.3 Å². The molecule has 0 N–H and O–H groups in total. The van der Waals surface area contributed by atoms with Gasteiger partial charge in [0.05, 0.1) is 22.9 Å². The first-order valence-electron chi connectivity index (χ1n) is 11.0. The third-order valence-corrected chi connectivity index (χ3v) is 6.67. The van der Waals surface area contributed by atoms with E-state index in [1.807, 2.05) is 0 Å². The molecule has 2 aromatic rings. The molecule has 0 spiro atoms. The van der Waals surface area contributed by atoms with Crippen LogP contribution < -0.4 is 4.74 Å². The van der Waals surface area contributed by atoms with E-state index in [-0.39, 0.29) is 16.9 Å². The molecule has 1 saturated carbocycles. The summed E-state index contributed by atoms with van der Waals surface area (Å²) in [6, 6.07) is 6.16. The summed E-state index contributed by atoms with van der Waals surface area (Å²) < 4.78 is 47.5. The van der Waals surface area contributed by atoms with E-state index in [9.17, 15) is 13.2 Å². The van der Waals surface area contributed by atoms with E-state index in [1.54, 1.807) is 12.1 Å². The van der Waals surface area contributed by atoms with Gasteiger partial charge in [-0.25, -0.2) is 0 Å². The Hall–Kier alpha value is -1.82. The van der Waals surface area contributed by atoms with Crippen LogP contribution in [0.2, 0.25) is 0 Å². The van der Waals surface area contributed by atoms with Crippen LogP contribution in [-0.2, 0) is 12.7 Å². The summed E-state index contributed by atoms with van der Waals surface area (Å²) in [5, 5.41) is 0.121. The number of alkyl halides is 3. The summed E-state index contributed by atoms with van der Waals surface area (Å²) in [5.41, 5.74) is 0.521. The van der Waals surface area contributed by atoms with E-state index in [0.717, 1.165) is 45.2 Å². The van der Waals surface area contributed by atoms with Crippen molar-refractivity contribution in [2.45, 2.75) is 71.7 Å². The zero-order chi connectivity index (χ0) is 21.5. The highest BCUT2D eigenvalue weighted by Gasteiger charge is 2.34. The van der Waals surface area contributed by atoms with Crippen molar-refractivity contribution in [2.75, 3.05) is 13.1 Å². The van der Waals surface area contributed by atoms with Gasteiger partial charge in [-0.2, -0.15) is 13.2 Å². The lowest BCUT2D eigenvalue weighted by Gasteiger charge is -2.37. The number of aromatic nitrogens is 1. The predicted octanol–water partition coefficient (Wildman–Crippen LogP) is 6.44. The molecule has 0 unspecified atom stereocenters. The number of likely N-dealkylation sites (tertiary alicyclic amines) is 1. The second kappa shape index (κ2) is 8.03. The minimum atomic E-state index is -4.42. The molecule has 1 aromatic carbocycles. The molecule has 1 aromatic heterocycles. The van der Waals surface area contributed by atoms with E-state index in [1.165, 1.54) is 12.1 Å². The molecule has 1 saturated heterocycles. The number of hydrogen-bond acceptors (Lipinski definition) is 3. The molecule has 1 aliphatic heterocycles. The van der Waals surface area contributed by atoms with Gasteiger partial charge in [0.2, 0.25) is 0 Å². The lowest BCUT2D eigenvalue weighted by atomic mass is 9.72. The number of pyridine rings is 1. The monoisotopic (exact) mass is 420 g/mol. The van der Waals surface area contributed by atoms with Gasteiger partial charge < -0.3 is 4.74 Å². The van der Waals surface area contributed by atoms with Gasteiger partial charge in [-0.05, 0) is 80.8 Å². The van der Waals surface area contributed by atoms with Crippen molar-refractivity contribution in [1.29, 1.82) is 0 Å². The fourth-order valence-corrected chi connectivity index (χ4v) is 4.66. The third kappa shape index (κ3) is 4.74. The van der Waals surface area contributed by atoms with Gasteiger partial charge >= 0.3 is 6.18 Å². The number of halogens is 3. The van der Waals surface area contributed by atoms with Gasteiger partial charge in [-0.15, -0.1) is 0 Å². The van der Waals surface area contributed by atoms with Crippen molar-refractivity contribution in [3.8, 4) is 5.75 Å². The molecule has 3 nitrogen and oxygen atoms in total. The molecular weight excluding hydrogens is 389 g/mol. The van der Waals surface area contributed by atoms with Crippen LogP contribution in [0.1, 0.15) is 64.1 Å². The van der Waals surface area contributed by atoms with Crippen molar-refractivity contribution < 1.29 is 17.9 Å². The zero-order valence-corrected chi connectivity index (χ0v) is 18.1. The highest BCUT2D eigenvalue weighted by atomic mass is 19.4. The van der Waals surface area contributed by atoms with E-state index in [4.69, 9.17) is 4.74 Å². The number of rotatable bonds is 4. The summed E-state index contributed by atoms with van der Waals surface area (Å²) in [4.78, 5) is 6.61. The maximum atomic E-state index is 13.8. The topological polar surface area (TPSA) is 25.4 Å². The molecular formula is C24H31F3N2O. The Morgan fingerprint density at radius 3 is 2.30 bits per heavy atom. The minimum Gasteiger partial charge on any atom is -0.490 e. The number of benzene rings is 1. The Morgan fingerprint density at radius 2 is 1.73 bits per heavy atom. The molecule has 6 heteroatoms. The van der Waals surface area contributed by atoms with Crippen molar-refractivity contribution in [3.05, 3.63) is 35.5 Å². The Kier molecular flexibility index (Phi) is 5.73. The average Bonchev–Trinajstić information content (AvgIpc) is 2.63. The van der Waals surface area contributed by atoms with E-state index >= 15 is 0 Å². The van der Waals surface area contributed by atoms with Gasteiger partial charge in [0, 0.05) is 11.9 Å². The standard InChI is InChI=1S/C24H31F3N2O/c1-23(2,3)16-5-7-18(8-6-16)30-19-9-10-22-20(14-19)21(24(25,26)27)13-17(28-22)15-29-11-4-12-29/h9-10,13-14,16,18H,4-8,11-12,15H2,1-3H3. The SMILES string of the molecule is CC(C)(C)C1CCC(Oc2ccc3nc(CN4CCC4)cc(C(F)(F)F)c3c2)CC1. The number of hydrogen-bond donors (Lipinski definition) is 0. The Labute approximate surface area is 176 Å². The predicted molar refractivity (Wildman–Crippen MR) is 112 cm³/mol. The summed E-state index contributed by atoms with van der Waals surface area (Å²) >= 11 is 0. The van der Waals surface area contributed by atoms with E-state index in [0.29, 0.717) is 29.4 Å². The lowest BCUT2D eigenvalue weighted by Crippen LogP contribution is -2.36. The molecule has 0 radical (unpaired) electrons. The molecule has 0 atom stereocenters. The van der Waals surface area contributed by atoms with Crippen LogP contribution in [0.3, 0.4) is 0 Å². The molecule has 1 aliphatic carbocycles. The third-order valence-electron chi connectivity index (χ3n) is 6.67. The normalized spacial score (nSPS) is 23.4.